The van der Waals surface area contributed by atoms with Crippen molar-refractivity contribution in [1.82, 2.24) is 9.97 Å². The Labute approximate surface area is 122 Å². The largest absolute Gasteiger partial charge is 0.431 e. The molecular formula is C14H16N4O3. The van der Waals surface area contributed by atoms with Gasteiger partial charge in [0.15, 0.2) is 0 Å². The minimum atomic E-state index is -0.454. The SMILES string of the molecule is CCc1ccc(Oc2nc(NC)ncc2C)c([N+](=O)[O-])c1. The maximum absolute atomic E-state index is 11.2. The fourth-order valence-corrected chi connectivity index (χ4v) is 1.77. The van der Waals surface area contributed by atoms with Crippen molar-refractivity contribution < 1.29 is 9.66 Å². The highest BCUT2D eigenvalue weighted by Crippen LogP contribution is 2.32. The summed E-state index contributed by atoms with van der Waals surface area (Å²) < 4.78 is 5.61. The van der Waals surface area contributed by atoms with Crippen LogP contribution in [-0.4, -0.2) is 21.9 Å². The van der Waals surface area contributed by atoms with Crippen molar-refractivity contribution in [2.75, 3.05) is 12.4 Å². The summed E-state index contributed by atoms with van der Waals surface area (Å²) >= 11 is 0. The predicted octanol–water partition coefficient (Wildman–Crippen LogP) is 3.09. The van der Waals surface area contributed by atoms with Crippen LogP contribution in [-0.2, 0) is 6.42 Å². The van der Waals surface area contributed by atoms with Crippen molar-refractivity contribution in [1.29, 1.82) is 0 Å². The third-order valence-electron chi connectivity index (χ3n) is 2.98. The number of ether oxygens (including phenoxy) is 1. The number of aromatic nitrogens is 2. The molecule has 0 saturated carbocycles. The van der Waals surface area contributed by atoms with Gasteiger partial charge in [-0.2, -0.15) is 4.98 Å². The van der Waals surface area contributed by atoms with E-state index in [9.17, 15) is 10.1 Å². The van der Waals surface area contributed by atoms with Gasteiger partial charge in [0.25, 0.3) is 0 Å². The number of nitro benzene ring substituents is 1. The average Bonchev–Trinajstić information content (AvgIpc) is 2.49. The second kappa shape index (κ2) is 6.17. The van der Waals surface area contributed by atoms with Gasteiger partial charge in [0.2, 0.25) is 17.6 Å². The second-order valence-corrected chi connectivity index (χ2v) is 4.45. The van der Waals surface area contributed by atoms with E-state index in [-0.39, 0.29) is 11.4 Å². The van der Waals surface area contributed by atoms with E-state index in [1.54, 1.807) is 32.3 Å². The summed E-state index contributed by atoms with van der Waals surface area (Å²) in [5.41, 5.74) is 1.51. The Morgan fingerprint density at radius 2 is 2.19 bits per heavy atom. The van der Waals surface area contributed by atoms with Gasteiger partial charge >= 0.3 is 5.69 Å². The van der Waals surface area contributed by atoms with Crippen molar-refractivity contribution in [3.05, 3.63) is 45.6 Å². The monoisotopic (exact) mass is 288 g/mol. The van der Waals surface area contributed by atoms with Crippen LogP contribution in [0.3, 0.4) is 0 Å². The van der Waals surface area contributed by atoms with Crippen molar-refractivity contribution in [2.24, 2.45) is 0 Å². The number of benzene rings is 1. The zero-order chi connectivity index (χ0) is 15.4. The molecule has 0 aliphatic carbocycles. The fourth-order valence-electron chi connectivity index (χ4n) is 1.77. The Kier molecular flexibility index (Phi) is 4.32. The van der Waals surface area contributed by atoms with E-state index in [4.69, 9.17) is 4.74 Å². The molecular weight excluding hydrogens is 272 g/mol. The van der Waals surface area contributed by atoms with Crippen LogP contribution in [0.4, 0.5) is 11.6 Å². The highest BCUT2D eigenvalue weighted by molar-refractivity contribution is 5.50. The summed E-state index contributed by atoms with van der Waals surface area (Å²) in [7, 11) is 1.69. The number of hydrogen-bond acceptors (Lipinski definition) is 6. The van der Waals surface area contributed by atoms with Crippen LogP contribution in [0.2, 0.25) is 0 Å². The van der Waals surface area contributed by atoms with Crippen LogP contribution >= 0.6 is 0 Å². The van der Waals surface area contributed by atoms with Crippen LogP contribution in [0, 0.1) is 17.0 Å². The van der Waals surface area contributed by atoms with Crippen molar-refractivity contribution in [3.63, 3.8) is 0 Å². The zero-order valence-corrected chi connectivity index (χ0v) is 12.1. The fraction of sp³-hybridized carbons (Fsp3) is 0.286. The molecule has 0 unspecified atom stereocenters. The molecule has 1 aromatic carbocycles. The molecule has 21 heavy (non-hydrogen) atoms. The van der Waals surface area contributed by atoms with Gasteiger partial charge < -0.3 is 10.1 Å². The summed E-state index contributed by atoms with van der Waals surface area (Å²) in [6.07, 6.45) is 2.32. The van der Waals surface area contributed by atoms with Crippen LogP contribution in [0.5, 0.6) is 11.6 Å². The molecule has 110 valence electrons. The van der Waals surface area contributed by atoms with Crippen LogP contribution in [0.1, 0.15) is 18.1 Å². The van der Waals surface area contributed by atoms with E-state index in [1.807, 2.05) is 6.92 Å². The van der Waals surface area contributed by atoms with Crippen LogP contribution in [0.25, 0.3) is 0 Å². The predicted molar refractivity (Wildman–Crippen MR) is 78.9 cm³/mol. The lowest BCUT2D eigenvalue weighted by molar-refractivity contribution is -0.385. The summed E-state index contributed by atoms with van der Waals surface area (Å²) in [6, 6.07) is 4.92. The molecule has 1 heterocycles. The van der Waals surface area contributed by atoms with Gasteiger partial charge in [-0.25, -0.2) is 4.98 Å². The molecule has 7 nitrogen and oxygen atoms in total. The number of nitrogens with zero attached hydrogens (tertiary/aromatic N) is 3. The number of nitro groups is 1. The Bertz CT molecular complexity index is 673. The summed E-state index contributed by atoms with van der Waals surface area (Å²) in [6.45, 7) is 3.72. The molecule has 0 radical (unpaired) electrons. The lowest BCUT2D eigenvalue weighted by Gasteiger charge is -2.09. The summed E-state index contributed by atoms with van der Waals surface area (Å²) in [4.78, 5) is 18.9. The molecule has 0 amide bonds. The highest BCUT2D eigenvalue weighted by atomic mass is 16.6. The first-order chi connectivity index (χ1) is 10.0. The van der Waals surface area contributed by atoms with Gasteiger partial charge in [0, 0.05) is 24.9 Å². The number of anilines is 1. The topological polar surface area (TPSA) is 90.2 Å². The Morgan fingerprint density at radius 1 is 1.43 bits per heavy atom. The van der Waals surface area contributed by atoms with Crippen LogP contribution < -0.4 is 10.1 Å². The standard InChI is InChI=1S/C14H16N4O3/c1-4-10-5-6-12(11(7-10)18(19)20)21-13-9(2)8-16-14(15-3)17-13/h5-8H,4H2,1-3H3,(H,15,16,17). The average molecular weight is 288 g/mol. The summed E-state index contributed by atoms with van der Waals surface area (Å²) in [5, 5.41) is 14.0. The minimum absolute atomic E-state index is 0.0710. The third kappa shape index (κ3) is 3.25. The molecule has 0 aliphatic rings. The number of rotatable bonds is 5. The van der Waals surface area contributed by atoms with Crippen LogP contribution in [0.15, 0.2) is 24.4 Å². The first-order valence-electron chi connectivity index (χ1n) is 6.51. The van der Waals surface area contributed by atoms with Gasteiger partial charge in [-0.3, -0.25) is 10.1 Å². The quantitative estimate of drug-likeness (QED) is 0.671. The lowest BCUT2D eigenvalue weighted by atomic mass is 10.1. The zero-order valence-electron chi connectivity index (χ0n) is 12.1. The molecule has 1 aromatic heterocycles. The van der Waals surface area contributed by atoms with Gasteiger partial charge in [0.05, 0.1) is 4.92 Å². The molecule has 2 rings (SSSR count). The molecule has 0 spiro atoms. The lowest BCUT2D eigenvalue weighted by Crippen LogP contribution is -2.01. The Balaban J connectivity index is 2.41. The normalized spacial score (nSPS) is 10.2. The second-order valence-electron chi connectivity index (χ2n) is 4.45. The maximum Gasteiger partial charge on any atom is 0.311 e. The van der Waals surface area contributed by atoms with Crippen molar-refractivity contribution in [3.8, 4) is 11.6 Å². The van der Waals surface area contributed by atoms with E-state index in [2.05, 4.69) is 15.3 Å². The molecule has 0 saturated heterocycles. The third-order valence-corrected chi connectivity index (χ3v) is 2.98. The molecule has 7 heteroatoms. The smallest absolute Gasteiger partial charge is 0.311 e. The van der Waals surface area contributed by atoms with Crippen molar-refractivity contribution >= 4 is 11.6 Å². The number of hydrogen-bond donors (Lipinski definition) is 1. The maximum atomic E-state index is 11.2. The molecule has 2 aromatic rings. The highest BCUT2D eigenvalue weighted by Gasteiger charge is 2.18. The van der Waals surface area contributed by atoms with Gasteiger partial charge in [-0.1, -0.05) is 13.0 Å². The minimum Gasteiger partial charge on any atom is -0.431 e. The van der Waals surface area contributed by atoms with E-state index in [1.165, 1.54) is 6.07 Å². The number of aryl methyl sites for hydroxylation is 2. The molecule has 1 N–H and O–H groups in total. The first-order valence-corrected chi connectivity index (χ1v) is 6.51. The van der Waals surface area contributed by atoms with E-state index in [0.717, 1.165) is 12.0 Å². The molecule has 0 atom stereocenters. The summed E-state index contributed by atoms with van der Waals surface area (Å²) in [5.74, 6) is 0.853. The molecule has 0 bridgehead atoms. The van der Waals surface area contributed by atoms with E-state index < -0.39 is 4.92 Å². The molecule has 0 aliphatic heterocycles. The van der Waals surface area contributed by atoms with Gasteiger partial charge in [-0.15, -0.1) is 0 Å². The number of nitrogens with one attached hydrogen (secondary N) is 1. The Morgan fingerprint density at radius 3 is 2.81 bits per heavy atom. The van der Waals surface area contributed by atoms with E-state index in [0.29, 0.717) is 17.4 Å². The van der Waals surface area contributed by atoms with Gasteiger partial charge in [-0.05, 0) is 25.0 Å². The van der Waals surface area contributed by atoms with E-state index >= 15 is 0 Å². The van der Waals surface area contributed by atoms with Crippen molar-refractivity contribution in [2.45, 2.75) is 20.3 Å². The Hall–Kier alpha value is -2.70. The first kappa shape index (κ1) is 14.7. The molecule has 0 fully saturated rings. The van der Waals surface area contributed by atoms with Gasteiger partial charge in [0.1, 0.15) is 0 Å².